The normalized spacial score (nSPS) is 13.2. The van der Waals surface area contributed by atoms with E-state index in [-0.39, 0.29) is 6.79 Å². The first-order chi connectivity index (χ1) is 13.8. The van der Waals surface area contributed by atoms with E-state index < -0.39 is 0 Å². The van der Waals surface area contributed by atoms with Gasteiger partial charge in [0.25, 0.3) is 0 Å². The fourth-order valence-electron chi connectivity index (χ4n) is 3.56. The molecule has 0 aliphatic rings. The van der Waals surface area contributed by atoms with E-state index in [1.165, 1.54) is 0 Å². The van der Waals surface area contributed by atoms with Gasteiger partial charge in [-0.25, -0.2) is 0 Å². The van der Waals surface area contributed by atoms with Gasteiger partial charge >= 0.3 is 0 Å². The van der Waals surface area contributed by atoms with Crippen molar-refractivity contribution in [1.82, 2.24) is 0 Å². The maximum absolute atomic E-state index is 5.71. The molecule has 4 nitrogen and oxygen atoms in total. The lowest BCUT2D eigenvalue weighted by Gasteiger charge is -2.18. The van der Waals surface area contributed by atoms with E-state index in [0.717, 1.165) is 35.7 Å². The Morgan fingerprint density at radius 2 is 0.931 bits per heavy atom. The molecule has 0 fully saturated rings. The van der Waals surface area contributed by atoms with Gasteiger partial charge in [-0.05, 0) is 87.1 Å². The molecule has 0 saturated carbocycles. The van der Waals surface area contributed by atoms with Crippen LogP contribution in [0.5, 0.6) is 11.5 Å². The molecule has 2 N–H and O–H groups in total. The van der Waals surface area contributed by atoms with Crippen LogP contribution < -0.4 is 20.1 Å². The molecule has 0 saturated heterocycles. The molecule has 0 aromatic heterocycles. The fraction of sp³-hybridized carbons (Fsp3) is 0.520. The van der Waals surface area contributed by atoms with Crippen LogP contribution in [0.2, 0.25) is 0 Å². The van der Waals surface area contributed by atoms with E-state index in [1.54, 1.807) is 0 Å². The molecular weight excluding hydrogens is 360 g/mol. The van der Waals surface area contributed by atoms with Crippen LogP contribution in [0, 0.1) is 11.8 Å². The molecule has 4 heteroatoms. The predicted molar refractivity (Wildman–Crippen MR) is 124 cm³/mol. The van der Waals surface area contributed by atoms with E-state index in [2.05, 4.69) is 52.2 Å². The Bertz CT molecular complexity index is 634. The second kappa shape index (κ2) is 11.6. The molecule has 2 aromatic carbocycles. The monoisotopic (exact) mass is 398 g/mol. The summed E-state index contributed by atoms with van der Waals surface area (Å²) in [5, 5.41) is 7.04. The molecule has 0 radical (unpaired) electrons. The Balaban J connectivity index is 1.74. The molecule has 0 heterocycles. The van der Waals surface area contributed by atoms with E-state index in [4.69, 9.17) is 9.47 Å². The zero-order chi connectivity index (χ0) is 21.2. The van der Waals surface area contributed by atoms with Crippen molar-refractivity contribution in [3.8, 4) is 11.5 Å². The number of nitrogens with one attached hydrogen (secondary N) is 2. The highest BCUT2D eigenvalue weighted by Gasteiger charge is 2.06. The highest BCUT2D eigenvalue weighted by molar-refractivity contribution is 5.47. The Morgan fingerprint density at radius 1 is 0.586 bits per heavy atom. The lowest BCUT2D eigenvalue weighted by atomic mass is 10.1. The third kappa shape index (κ3) is 9.12. The predicted octanol–water partition coefficient (Wildman–Crippen LogP) is 6.79. The highest BCUT2D eigenvalue weighted by atomic mass is 16.7. The number of anilines is 2. The van der Waals surface area contributed by atoms with Crippen LogP contribution >= 0.6 is 0 Å². The summed E-state index contributed by atoms with van der Waals surface area (Å²) in [5.41, 5.74) is 2.22. The van der Waals surface area contributed by atoms with Gasteiger partial charge in [-0.15, -0.1) is 0 Å². The minimum atomic E-state index is 0.188. The zero-order valence-electron chi connectivity index (χ0n) is 18.9. The van der Waals surface area contributed by atoms with Gasteiger partial charge in [0, 0.05) is 23.5 Å². The average molecular weight is 399 g/mol. The van der Waals surface area contributed by atoms with Crippen LogP contribution in [-0.4, -0.2) is 18.9 Å². The molecule has 0 bridgehead atoms. The van der Waals surface area contributed by atoms with Gasteiger partial charge in [-0.2, -0.15) is 0 Å². The quantitative estimate of drug-likeness (QED) is 0.386. The molecule has 160 valence electrons. The van der Waals surface area contributed by atoms with Crippen molar-refractivity contribution in [2.75, 3.05) is 17.4 Å². The molecule has 2 aromatic rings. The van der Waals surface area contributed by atoms with Crippen molar-refractivity contribution in [2.24, 2.45) is 11.8 Å². The number of hydrogen-bond acceptors (Lipinski definition) is 4. The molecule has 0 spiro atoms. The summed E-state index contributed by atoms with van der Waals surface area (Å²) in [6.45, 7) is 13.6. The van der Waals surface area contributed by atoms with Gasteiger partial charge < -0.3 is 20.1 Å². The zero-order valence-corrected chi connectivity index (χ0v) is 18.9. The van der Waals surface area contributed by atoms with Crippen LogP contribution in [0.3, 0.4) is 0 Å². The summed E-state index contributed by atoms with van der Waals surface area (Å²) in [6, 6.07) is 17.0. The molecule has 0 amide bonds. The SMILES string of the molecule is CC(C)CC(C)Nc1ccc(OCOc2ccc(NC(C)CC(C)C)cc2)cc1. The summed E-state index contributed by atoms with van der Waals surface area (Å²) < 4.78 is 11.4. The van der Waals surface area contributed by atoms with Crippen molar-refractivity contribution in [3.05, 3.63) is 48.5 Å². The van der Waals surface area contributed by atoms with Crippen LogP contribution in [-0.2, 0) is 0 Å². The number of ether oxygens (including phenoxy) is 2. The summed E-state index contributed by atoms with van der Waals surface area (Å²) in [5.74, 6) is 2.97. The first-order valence-corrected chi connectivity index (χ1v) is 10.8. The van der Waals surface area contributed by atoms with Gasteiger partial charge in [-0.3, -0.25) is 0 Å². The van der Waals surface area contributed by atoms with Crippen molar-refractivity contribution in [1.29, 1.82) is 0 Å². The summed E-state index contributed by atoms with van der Waals surface area (Å²) in [7, 11) is 0. The number of rotatable bonds is 12. The standard InChI is InChI=1S/C25H38N2O2/c1-18(2)15-20(5)26-22-7-11-24(12-8-22)28-17-29-25-13-9-23(10-14-25)27-21(6)16-19(3)4/h7-14,18-21,26-27H,15-17H2,1-6H3. The molecular formula is C25H38N2O2. The Labute approximate surface area is 177 Å². The van der Waals surface area contributed by atoms with Crippen molar-refractivity contribution in [3.63, 3.8) is 0 Å². The maximum atomic E-state index is 5.71. The summed E-state index contributed by atoms with van der Waals surface area (Å²) >= 11 is 0. The second-order valence-electron chi connectivity index (χ2n) is 8.81. The van der Waals surface area contributed by atoms with Crippen molar-refractivity contribution >= 4 is 11.4 Å². The van der Waals surface area contributed by atoms with Crippen LogP contribution in [0.15, 0.2) is 48.5 Å². The van der Waals surface area contributed by atoms with E-state index in [0.29, 0.717) is 23.9 Å². The first kappa shape index (κ1) is 22.9. The van der Waals surface area contributed by atoms with E-state index in [1.807, 2.05) is 48.5 Å². The maximum Gasteiger partial charge on any atom is 0.230 e. The van der Waals surface area contributed by atoms with Gasteiger partial charge in [0.15, 0.2) is 0 Å². The molecule has 2 atom stereocenters. The Morgan fingerprint density at radius 3 is 1.24 bits per heavy atom. The van der Waals surface area contributed by atoms with Gasteiger partial charge in [0.1, 0.15) is 11.5 Å². The third-order valence-corrected chi connectivity index (χ3v) is 4.64. The summed E-state index contributed by atoms with van der Waals surface area (Å²) in [4.78, 5) is 0. The number of benzene rings is 2. The van der Waals surface area contributed by atoms with Crippen LogP contribution in [0.1, 0.15) is 54.4 Å². The van der Waals surface area contributed by atoms with E-state index in [9.17, 15) is 0 Å². The molecule has 0 aliphatic carbocycles. The van der Waals surface area contributed by atoms with Gasteiger partial charge in [0.05, 0.1) is 0 Å². The van der Waals surface area contributed by atoms with Gasteiger partial charge in [-0.1, -0.05) is 27.7 Å². The van der Waals surface area contributed by atoms with Crippen LogP contribution in [0.4, 0.5) is 11.4 Å². The largest absolute Gasteiger partial charge is 0.458 e. The topological polar surface area (TPSA) is 42.5 Å². The Hall–Kier alpha value is -2.36. The minimum Gasteiger partial charge on any atom is -0.458 e. The first-order valence-electron chi connectivity index (χ1n) is 10.8. The molecule has 2 unspecified atom stereocenters. The molecule has 2 rings (SSSR count). The highest BCUT2D eigenvalue weighted by Crippen LogP contribution is 2.20. The molecule has 0 aliphatic heterocycles. The molecule has 29 heavy (non-hydrogen) atoms. The summed E-state index contributed by atoms with van der Waals surface area (Å²) in [6.07, 6.45) is 2.30. The lowest BCUT2D eigenvalue weighted by Crippen LogP contribution is -2.17. The average Bonchev–Trinajstić information content (AvgIpc) is 2.63. The van der Waals surface area contributed by atoms with Crippen LogP contribution in [0.25, 0.3) is 0 Å². The third-order valence-electron chi connectivity index (χ3n) is 4.64. The number of hydrogen-bond donors (Lipinski definition) is 2. The fourth-order valence-corrected chi connectivity index (χ4v) is 3.56. The minimum absolute atomic E-state index is 0.188. The smallest absolute Gasteiger partial charge is 0.230 e. The second-order valence-corrected chi connectivity index (χ2v) is 8.81. The van der Waals surface area contributed by atoms with Gasteiger partial charge in [0.2, 0.25) is 6.79 Å². The lowest BCUT2D eigenvalue weighted by molar-refractivity contribution is 0.120. The van der Waals surface area contributed by atoms with Crippen molar-refractivity contribution < 1.29 is 9.47 Å². The van der Waals surface area contributed by atoms with E-state index >= 15 is 0 Å². The van der Waals surface area contributed by atoms with Crippen molar-refractivity contribution in [2.45, 2.75) is 66.5 Å². The Kier molecular flexibility index (Phi) is 9.17.